The molecule has 108 valence electrons. The van der Waals surface area contributed by atoms with Crippen molar-refractivity contribution in [2.45, 2.75) is 31.7 Å². The van der Waals surface area contributed by atoms with Crippen molar-refractivity contribution in [2.75, 3.05) is 0 Å². The Labute approximate surface area is 126 Å². The first-order chi connectivity index (χ1) is 10.3. The Bertz CT molecular complexity index is 575. The number of rotatable bonds is 6. The van der Waals surface area contributed by atoms with E-state index >= 15 is 0 Å². The topological polar surface area (TPSA) is 29.1 Å². The van der Waals surface area contributed by atoms with Gasteiger partial charge >= 0.3 is 0 Å². The van der Waals surface area contributed by atoms with Crippen molar-refractivity contribution < 1.29 is 4.79 Å². The molecule has 0 heterocycles. The highest BCUT2D eigenvalue weighted by Crippen LogP contribution is 2.40. The maximum Gasteiger partial charge on any atom is 0.220 e. The van der Waals surface area contributed by atoms with Gasteiger partial charge in [0.25, 0.3) is 0 Å². The zero-order chi connectivity index (χ0) is 14.5. The zero-order valence-corrected chi connectivity index (χ0v) is 12.2. The molecule has 3 rings (SSSR count). The van der Waals surface area contributed by atoms with Crippen molar-refractivity contribution in [1.29, 1.82) is 0 Å². The first kappa shape index (κ1) is 13.9. The van der Waals surface area contributed by atoms with Gasteiger partial charge in [-0.25, -0.2) is 0 Å². The maximum atomic E-state index is 12.2. The Morgan fingerprint density at radius 2 is 1.62 bits per heavy atom. The molecule has 1 amide bonds. The highest BCUT2D eigenvalue weighted by atomic mass is 16.1. The molecule has 2 aromatic carbocycles. The summed E-state index contributed by atoms with van der Waals surface area (Å²) in [6.07, 6.45) is 3.80. The normalized spacial score (nSPS) is 15.4. The fourth-order valence-corrected chi connectivity index (χ4v) is 2.71. The molecule has 1 aliphatic rings. The molecular weight excluding hydrogens is 258 g/mol. The molecule has 2 heteroatoms. The lowest BCUT2D eigenvalue weighted by Gasteiger charge is -2.18. The minimum Gasteiger partial charge on any atom is -0.349 e. The highest BCUT2D eigenvalue weighted by Gasteiger charge is 2.33. The molecule has 2 aromatic rings. The smallest absolute Gasteiger partial charge is 0.220 e. The van der Waals surface area contributed by atoms with Crippen LogP contribution in [0.5, 0.6) is 0 Å². The third-order valence-corrected chi connectivity index (χ3v) is 4.05. The minimum absolute atomic E-state index is 0.152. The predicted molar refractivity (Wildman–Crippen MR) is 84.8 cm³/mol. The van der Waals surface area contributed by atoms with Crippen molar-refractivity contribution in [3.05, 3.63) is 71.8 Å². The van der Waals surface area contributed by atoms with E-state index in [0.717, 1.165) is 6.42 Å². The Morgan fingerprint density at radius 1 is 1.00 bits per heavy atom. The maximum absolute atomic E-state index is 12.2. The highest BCUT2D eigenvalue weighted by molar-refractivity contribution is 5.76. The summed E-state index contributed by atoms with van der Waals surface area (Å²) >= 11 is 0. The Hall–Kier alpha value is -2.09. The molecule has 1 unspecified atom stereocenters. The van der Waals surface area contributed by atoms with Gasteiger partial charge in [-0.05, 0) is 36.3 Å². The van der Waals surface area contributed by atoms with Crippen LogP contribution in [0.4, 0.5) is 0 Å². The second-order valence-electron chi connectivity index (χ2n) is 5.78. The van der Waals surface area contributed by atoms with E-state index in [4.69, 9.17) is 0 Å². The van der Waals surface area contributed by atoms with Crippen molar-refractivity contribution >= 4 is 5.91 Å². The van der Waals surface area contributed by atoms with Crippen LogP contribution >= 0.6 is 0 Å². The lowest BCUT2D eigenvalue weighted by atomic mass is 10.0. The van der Waals surface area contributed by atoms with Gasteiger partial charge in [-0.15, -0.1) is 0 Å². The fraction of sp³-hybridized carbons (Fsp3) is 0.316. The summed E-state index contributed by atoms with van der Waals surface area (Å²) in [6, 6.07) is 20.7. The Morgan fingerprint density at radius 3 is 2.24 bits per heavy atom. The SMILES string of the molecule is O=C(CCc1ccccc1)NC(c1ccccc1)C1CC1. The van der Waals surface area contributed by atoms with Gasteiger partial charge in [0.05, 0.1) is 6.04 Å². The Kier molecular flexibility index (Phi) is 4.34. The molecule has 21 heavy (non-hydrogen) atoms. The van der Waals surface area contributed by atoms with Crippen molar-refractivity contribution in [2.24, 2.45) is 5.92 Å². The average molecular weight is 279 g/mol. The molecule has 1 N–H and O–H groups in total. The van der Waals surface area contributed by atoms with E-state index in [-0.39, 0.29) is 11.9 Å². The monoisotopic (exact) mass is 279 g/mol. The van der Waals surface area contributed by atoms with Crippen LogP contribution in [0, 0.1) is 5.92 Å². The summed E-state index contributed by atoms with van der Waals surface area (Å²) in [7, 11) is 0. The summed E-state index contributed by atoms with van der Waals surface area (Å²) in [5.74, 6) is 0.771. The first-order valence-corrected chi connectivity index (χ1v) is 7.71. The number of amides is 1. The molecule has 1 atom stereocenters. The number of carbonyl (C=O) groups excluding carboxylic acids is 1. The van der Waals surface area contributed by atoms with Crippen LogP contribution in [0.3, 0.4) is 0 Å². The standard InChI is InChI=1S/C19H21NO/c21-18(14-11-15-7-3-1-4-8-15)20-19(17-12-13-17)16-9-5-2-6-10-16/h1-10,17,19H,11-14H2,(H,20,21). The van der Waals surface area contributed by atoms with Crippen LogP contribution in [-0.2, 0) is 11.2 Å². The van der Waals surface area contributed by atoms with Crippen molar-refractivity contribution in [3.8, 4) is 0 Å². The fourth-order valence-electron chi connectivity index (χ4n) is 2.71. The van der Waals surface area contributed by atoms with Crippen molar-refractivity contribution in [3.63, 3.8) is 0 Å². The van der Waals surface area contributed by atoms with Gasteiger partial charge in [-0.2, -0.15) is 0 Å². The summed E-state index contributed by atoms with van der Waals surface area (Å²) in [5, 5.41) is 3.23. The lowest BCUT2D eigenvalue weighted by Crippen LogP contribution is -2.30. The summed E-state index contributed by atoms with van der Waals surface area (Å²) < 4.78 is 0. The zero-order valence-electron chi connectivity index (χ0n) is 12.2. The van der Waals surface area contributed by atoms with Crippen LogP contribution in [0.15, 0.2) is 60.7 Å². The number of benzene rings is 2. The van der Waals surface area contributed by atoms with E-state index in [2.05, 4.69) is 29.6 Å². The van der Waals surface area contributed by atoms with Gasteiger partial charge in [0.15, 0.2) is 0 Å². The van der Waals surface area contributed by atoms with Crippen molar-refractivity contribution in [1.82, 2.24) is 5.32 Å². The van der Waals surface area contributed by atoms with Gasteiger partial charge in [-0.3, -0.25) is 4.79 Å². The summed E-state index contributed by atoms with van der Waals surface area (Å²) in [4.78, 5) is 12.2. The number of aryl methyl sites for hydroxylation is 1. The molecule has 0 spiro atoms. The van der Waals surface area contributed by atoms with E-state index in [0.29, 0.717) is 12.3 Å². The van der Waals surface area contributed by atoms with E-state index in [1.165, 1.54) is 24.0 Å². The second-order valence-corrected chi connectivity index (χ2v) is 5.78. The minimum atomic E-state index is 0.152. The molecule has 0 bridgehead atoms. The van der Waals surface area contributed by atoms with Crippen LogP contribution in [0.25, 0.3) is 0 Å². The third-order valence-electron chi connectivity index (χ3n) is 4.05. The first-order valence-electron chi connectivity index (χ1n) is 7.71. The summed E-state index contributed by atoms with van der Waals surface area (Å²) in [5.41, 5.74) is 2.45. The molecule has 2 nitrogen and oxygen atoms in total. The van der Waals surface area contributed by atoms with E-state index in [1.807, 2.05) is 36.4 Å². The molecule has 1 fully saturated rings. The van der Waals surface area contributed by atoms with E-state index in [9.17, 15) is 4.79 Å². The number of carbonyl (C=O) groups is 1. The largest absolute Gasteiger partial charge is 0.349 e. The van der Waals surface area contributed by atoms with Gasteiger partial charge < -0.3 is 5.32 Å². The van der Waals surface area contributed by atoms with Crippen LogP contribution in [-0.4, -0.2) is 5.91 Å². The molecule has 0 saturated heterocycles. The summed E-state index contributed by atoms with van der Waals surface area (Å²) in [6.45, 7) is 0. The third kappa shape index (κ3) is 3.94. The Balaban J connectivity index is 1.57. The van der Waals surface area contributed by atoms with Gasteiger partial charge in [-0.1, -0.05) is 60.7 Å². The van der Waals surface area contributed by atoms with Gasteiger partial charge in [0.2, 0.25) is 5.91 Å². The predicted octanol–water partition coefficient (Wildman–Crippen LogP) is 3.89. The van der Waals surface area contributed by atoms with E-state index < -0.39 is 0 Å². The molecule has 1 aliphatic carbocycles. The van der Waals surface area contributed by atoms with Crippen LogP contribution < -0.4 is 5.32 Å². The lowest BCUT2D eigenvalue weighted by molar-refractivity contribution is -0.122. The van der Waals surface area contributed by atoms with Crippen LogP contribution in [0.1, 0.15) is 36.4 Å². The number of hydrogen-bond donors (Lipinski definition) is 1. The van der Waals surface area contributed by atoms with Gasteiger partial charge in [0, 0.05) is 6.42 Å². The molecular formula is C19H21NO. The second kappa shape index (κ2) is 6.57. The number of nitrogens with one attached hydrogen (secondary N) is 1. The molecule has 0 aliphatic heterocycles. The molecule has 0 aromatic heterocycles. The molecule has 1 saturated carbocycles. The number of hydrogen-bond acceptors (Lipinski definition) is 1. The average Bonchev–Trinajstić information content (AvgIpc) is 3.37. The van der Waals surface area contributed by atoms with Crippen LogP contribution in [0.2, 0.25) is 0 Å². The van der Waals surface area contributed by atoms with Gasteiger partial charge in [0.1, 0.15) is 0 Å². The molecule has 0 radical (unpaired) electrons. The van der Waals surface area contributed by atoms with E-state index in [1.54, 1.807) is 0 Å². The quantitative estimate of drug-likeness (QED) is 0.854.